The van der Waals surface area contributed by atoms with Gasteiger partial charge in [-0.15, -0.1) is 7.05 Å². The second-order valence-corrected chi connectivity index (χ2v) is 3.39. The van der Waals surface area contributed by atoms with E-state index in [9.17, 15) is 20.4 Å². The van der Waals surface area contributed by atoms with Crippen LogP contribution in [0.25, 0.3) is 0 Å². The van der Waals surface area contributed by atoms with Crippen molar-refractivity contribution in [2.45, 2.75) is 30.5 Å². The Hall–Kier alpha value is -0.460. The lowest BCUT2D eigenvalue weighted by molar-refractivity contribution is -0.718. The number of rotatable bonds is 2. The Morgan fingerprint density at radius 1 is 1.46 bits per heavy atom. The molecule has 0 radical (unpaired) electrons. The van der Waals surface area contributed by atoms with Crippen molar-refractivity contribution in [3.05, 3.63) is 19.2 Å². The number of hydrogen-bond acceptors (Lipinski definition) is 4. The van der Waals surface area contributed by atoms with Crippen molar-refractivity contribution >= 4 is 0 Å². The van der Waals surface area contributed by atoms with E-state index in [2.05, 4.69) is 7.05 Å². The molecule has 0 bridgehead atoms. The summed E-state index contributed by atoms with van der Waals surface area (Å²) < 4.78 is 0. The fraction of sp³-hybridized carbons (Fsp3) is 0.625. The molecule has 0 fully saturated rings. The van der Waals surface area contributed by atoms with E-state index in [1.165, 1.54) is 19.1 Å². The fourth-order valence-electron chi connectivity index (χ4n) is 1.37. The summed E-state index contributed by atoms with van der Waals surface area (Å²) in [5, 5.41) is 39.2. The van der Waals surface area contributed by atoms with Crippen LogP contribution in [0.5, 0.6) is 0 Å². The van der Waals surface area contributed by atoms with E-state index in [4.69, 9.17) is 0 Å². The molecule has 0 aliphatic heterocycles. The van der Waals surface area contributed by atoms with Crippen LogP contribution in [0.4, 0.5) is 0 Å². The predicted molar refractivity (Wildman–Crippen MR) is 44.0 cm³/mol. The highest BCUT2D eigenvalue weighted by atomic mass is 16.4. The van der Waals surface area contributed by atoms with Crippen LogP contribution in [0.3, 0.4) is 0 Å². The Bertz CT molecular complexity index is 230. The highest BCUT2D eigenvalue weighted by Gasteiger charge is 2.55. The van der Waals surface area contributed by atoms with Crippen molar-refractivity contribution in [2.75, 3.05) is 0 Å². The summed E-state index contributed by atoms with van der Waals surface area (Å²) in [6, 6.07) is 0. The van der Waals surface area contributed by atoms with Crippen molar-refractivity contribution in [3.63, 3.8) is 0 Å². The predicted octanol–water partition coefficient (Wildman–Crippen LogP) is -2.93. The SMILES string of the molecule is [CH2-][NH2+][C@]1(O)C=C[C@@](O)([C@H](C)O)[C@@H]1O. The van der Waals surface area contributed by atoms with Crippen LogP contribution >= 0.6 is 0 Å². The molecule has 0 aromatic heterocycles. The molecule has 0 aromatic carbocycles. The minimum Gasteiger partial charge on any atom is -0.445 e. The van der Waals surface area contributed by atoms with Crippen LogP contribution in [0.1, 0.15) is 6.92 Å². The second-order valence-electron chi connectivity index (χ2n) is 3.39. The van der Waals surface area contributed by atoms with Crippen LogP contribution in [-0.4, -0.2) is 44.0 Å². The van der Waals surface area contributed by atoms with E-state index >= 15 is 0 Å². The number of hydrogen-bond donors (Lipinski definition) is 5. The van der Waals surface area contributed by atoms with Gasteiger partial charge in [-0.05, 0) is 13.0 Å². The largest absolute Gasteiger partial charge is 0.445 e. The van der Waals surface area contributed by atoms with Crippen LogP contribution < -0.4 is 5.32 Å². The Morgan fingerprint density at radius 3 is 2.23 bits per heavy atom. The van der Waals surface area contributed by atoms with Gasteiger partial charge in [0.1, 0.15) is 5.60 Å². The van der Waals surface area contributed by atoms with Crippen LogP contribution in [0.2, 0.25) is 0 Å². The zero-order chi connectivity index (χ0) is 10.3. The average molecular weight is 189 g/mol. The van der Waals surface area contributed by atoms with Crippen molar-refractivity contribution in [1.29, 1.82) is 0 Å². The molecule has 0 amide bonds. The molecule has 0 heterocycles. The topological polar surface area (TPSA) is 97.5 Å². The quantitative estimate of drug-likeness (QED) is 0.182. The van der Waals surface area contributed by atoms with Crippen molar-refractivity contribution < 1.29 is 25.7 Å². The second kappa shape index (κ2) is 3.04. The maximum Gasteiger partial charge on any atom is 0.223 e. The molecule has 6 N–H and O–H groups in total. The summed E-state index contributed by atoms with van der Waals surface area (Å²) in [5.74, 6) is 0. The first-order valence-electron chi connectivity index (χ1n) is 4.01. The van der Waals surface area contributed by atoms with E-state index in [0.717, 1.165) is 5.32 Å². The summed E-state index contributed by atoms with van der Waals surface area (Å²) >= 11 is 0. The molecule has 0 aromatic rings. The summed E-state index contributed by atoms with van der Waals surface area (Å²) in [6.07, 6.45) is -0.244. The smallest absolute Gasteiger partial charge is 0.223 e. The van der Waals surface area contributed by atoms with Gasteiger partial charge in [-0.25, -0.2) is 0 Å². The summed E-state index contributed by atoms with van der Waals surface area (Å²) in [5.41, 5.74) is -3.46. The molecule has 0 saturated heterocycles. The van der Waals surface area contributed by atoms with E-state index in [0.29, 0.717) is 0 Å². The highest BCUT2D eigenvalue weighted by Crippen LogP contribution is 2.30. The molecule has 0 saturated carbocycles. The minimum atomic E-state index is -1.80. The molecule has 76 valence electrons. The third-order valence-corrected chi connectivity index (χ3v) is 2.49. The van der Waals surface area contributed by atoms with Gasteiger partial charge in [-0.3, -0.25) is 0 Å². The van der Waals surface area contributed by atoms with Gasteiger partial charge in [0.25, 0.3) is 0 Å². The first-order valence-corrected chi connectivity index (χ1v) is 4.01. The van der Waals surface area contributed by atoms with E-state index in [1.54, 1.807) is 0 Å². The van der Waals surface area contributed by atoms with E-state index in [-0.39, 0.29) is 0 Å². The van der Waals surface area contributed by atoms with Gasteiger partial charge >= 0.3 is 0 Å². The maximum atomic E-state index is 9.71. The first kappa shape index (κ1) is 10.6. The van der Waals surface area contributed by atoms with Gasteiger partial charge in [0.15, 0.2) is 6.10 Å². The van der Waals surface area contributed by atoms with Gasteiger partial charge in [0.05, 0.1) is 6.10 Å². The van der Waals surface area contributed by atoms with Crippen LogP contribution in [-0.2, 0) is 0 Å². The number of nitrogens with two attached hydrogens (primary N) is 1. The first-order chi connectivity index (χ1) is 5.87. The molecular formula is C8H15NO4. The van der Waals surface area contributed by atoms with Crippen LogP contribution in [0.15, 0.2) is 12.2 Å². The zero-order valence-corrected chi connectivity index (χ0v) is 7.38. The van der Waals surface area contributed by atoms with E-state index < -0.39 is 23.5 Å². The molecule has 1 aliphatic carbocycles. The zero-order valence-electron chi connectivity index (χ0n) is 7.38. The lowest BCUT2D eigenvalue weighted by atomic mass is 9.92. The lowest BCUT2D eigenvalue weighted by Crippen LogP contribution is -2.95. The Balaban J connectivity index is 2.94. The Labute approximate surface area is 76.3 Å². The lowest BCUT2D eigenvalue weighted by Gasteiger charge is -2.34. The molecule has 0 unspecified atom stereocenters. The normalized spacial score (nSPS) is 46.8. The van der Waals surface area contributed by atoms with Crippen LogP contribution in [0, 0.1) is 7.05 Å². The van der Waals surface area contributed by atoms with Gasteiger partial charge in [0, 0.05) is 6.08 Å². The Morgan fingerprint density at radius 2 is 2.00 bits per heavy atom. The average Bonchev–Trinajstić information content (AvgIpc) is 2.32. The molecule has 0 spiro atoms. The van der Waals surface area contributed by atoms with Crippen molar-refractivity contribution in [2.24, 2.45) is 0 Å². The highest BCUT2D eigenvalue weighted by molar-refractivity contribution is 5.23. The molecule has 5 nitrogen and oxygen atoms in total. The standard InChI is InChI=1S/C8H15NO4/c1-5(10)7(12)3-4-8(13,9-2)6(7)11/h3-6,10-13H,2,9H2,1H3/t5-,6-,7+,8-/m0/s1. The molecule has 13 heavy (non-hydrogen) atoms. The number of aliphatic hydroxyl groups is 4. The Kier molecular flexibility index (Phi) is 2.48. The fourth-order valence-corrected chi connectivity index (χ4v) is 1.37. The van der Waals surface area contributed by atoms with Gasteiger partial charge in [-0.1, -0.05) is 0 Å². The van der Waals surface area contributed by atoms with Gasteiger partial charge in [0.2, 0.25) is 5.72 Å². The van der Waals surface area contributed by atoms with Gasteiger partial charge < -0.3 is 25.7 Å². The molecule has 4 atom stereocenters. The summed E-state index contributed by atoms with van der Waals surface area (Å²) in [4.78, 5) is 0. The molecule has 1 rings (SSSR count). The van der Waals surface area contributed by atoms with Crippen molar-refractivity contribution in [1.82, 2.24) is 0 Å². The molecule has 1 aliphatic rings. The minimum absolute atomic E-state index is 1.12. The van der Waals surface area contributed by atoms with Gasteiger partial charge in [-0.2, -0.15) is 0 Å². The summed E-state index contributed by atoms with van der Waals surface area (Å²) in [6.45, 7) is 1.34. The molecule has 5 heteroatoms. The van der Waals surface area contributed by atoms with E-state index in [1.807, 2.05) is 0 Å². The third-order valence-electron chi connectivity index (χ3n) is 2.49. The number of aliphatic hydroxyl groups excluding tert-OH is 2. The number of quaternary nitrogens is 1. The molecular weight excluding hydrogens is 174 g/mol. The third kappa shape index (κ3) is 1.38. The summed E-state index contributed by atoms with van der Waals surface area (Å²) in [7, 11) is 3.34. The monoisotopic (exact) mass is 189 g/mol. The van der Waals surface area contributed by atoms with Crippen molar-refractivity contribution in [3.8, 4) is 0 Å². The maximum absolute atomic E-state index is 9.71.